The summed E-state index contributed by atoms with van der Waals surface area (Å²) in [5, 5.41) is 1.04. The van der Waals surface area contributed by atoms with E-state index in [9.17, 15) is 4.79 Å². The maximum absolute atomic E-state index is 12.5. The van der Waals surface area contributed by atoms with E-state index in [0.717, 1.165) is 35.6 Å². The number of thiazole rings is 1. The van der Waals surface area contributed by atoms with Gasteiger partial charge in [-0.1, -0.05) is 12.8 Å². The highest BCUT2D eigenvalue weighted by Crippen LogP contribution is 2.38. The van der Waals surface area contributed by atoms with E-state index < -0.39 is 0 Å². The minimum absolute atomic E-state index is 0.202. The predicted octanol–water partition coefficient (Wildman–Crippen LogP) is 1.93. The molecule has 2 N–H and O–H groups in total. The van der Waals surface area contributed by atoms with Crippen LogP contribution in [0.15, 0.2) is 6.20 Å². The van der Waals surface area contributed by atoms with E-state index in [1.807, 2.05) is 25.1 Å². The van der Waals surface area contributed by atoms with Crippen LogP contribution in [0.1, 0.15) is 35.6 Å². The van der Waals surface area contributed by atoms with E-state index in [1.54, 1.807) is 11.3 Å². The highest BCUT2D eigenvalue weighted by atomic mass is 32.1. The average Bonchev–Trinajstić information content (AvgIpc) is 2.98. The molecule has 1 saturated carbocycles. The van der Waals surface area contributed by atoms with E-state index in [0.29, 0.717) is 13.1 Å². The number of carbonyl (C=O) groups is 1. The summed E-state index contributed by atoms with van der Waals surface area (Å²) in [7, 11) is 1.87. The van der Waals surface area contributed by atoms with Gasteiger partial charge in [0.15, 0.2) is 0 Å². The second-order valence-electron chi connectivity index (χ2n) is 5.20. The molecule has 1 aromatic rings. The molecule has 0 bridgehead atoms. The van der Waals surface area contributed by atoms with Crippen LogP contribution in [0.5, 0.6) is 0 Å². The first-order chi connectivity index (χ1) is 8.57. The van der Waals surface area contributed by atoms with Crippen molar-refractivity contribution >= 4 is 17.2 Å². The van der Waals surface area contributed by atoms with Gasteiger partial charge in [-0.25, -0.2) is 4.98 Å². The second-order valence-corrected chi connectivity index (χ2v) is 6.52. The Labute approximate surface area is 112 Å². The zero-order valence-corrected chi connectivity index (χ0v) is 11.9. The predicted molar refractivity (Wildman–Crippen MR) is 73.3 cm³/mol. The van der Waals surface area contributed by atoms with Crippen molar-refractivity contribution in [2.75, 3.05) is 13.6 Å². The van der Waals surface area contributed by atoms with Crippen molar-refractivity contribution < 1.29 is 4.79 Å². The molecule has 1 aromatic heterocycles. The summed E-state index contributed by atoms with van der Waals surface area (Å²) in [5.41, 5.74) is 5.55. The van der Waals surface area contributed by atoms with Crippen LogP contribution >= 0.6 is 11.3 Å². The first kappa shape index (κ1) is 13.5. The highest BCUT2D eigenvalue weighted by molar-refractivity contribution is 7.11. The third kappa shape index (κ3) is 2.57. The number of nitrogens with zero attached hydrogens (tertiary/aromatic N) is 2. The summed E-state index contributed by atoms with van der Waals surface area (Å²) in [5.74, 6) is 0.202. The maximum atomic E-state index is 12.5. The van der Waals surface area contributed by atoms with Crippen LogP contribution < -0.4 is 5.73 Å². The van der Waals surface area contributed by atoms with Gasteiger partial charge < -0.3 is 10.6 Å². The molecule has 2 rings (SSSR count). The fraction of sp³-hybridized carbons (Fsp3) is 0.692. The fourth-order valence-electron chi connectivity index (χ4n) is 2.75. The summed E-state index contributed by atoms with van der Waals surface area (Å²) >= 11 is 1.65. The average molecular weight is 267 g/mol. The lowest BCUT2D eigenvalue weighted by Gasteiger charge is -2.30. The van der Waals surface area contributed by atoms with Crippen molar-refractivity contribution in [3.05, 3.63) is 16.1 Å². The molecule has 4 nitrogen and oxygen atoms in total. The highest BCUT2D eigenvalue weighted by Gasteiger charge is 2.41. The number of aryl methyl sites for hydroxylation is 1. The topological polar surface area (TPSA) is 59.2 Å². The van der Waals surface area contributed by atoms with Crippen molar-refractivity contribution in [3.63, 3.8) is 0 Å². The van der Waals surface area contributed by atoms with Gasteiger partial charge in [-0.2, -0.15) is 0 Å². The molecule has 0 spiro atoms. The fourth-order valence-corrected chi connectivity index (χ4v) is 3.59. The number of amides is 1. The Balaban J connectivity index is 2.04. The molecule has 1 aliphatic carbocycles. The second kappa shape index (κ2) is 5.36. The summed E-state index contributed by atoms with van der Waals surface area (Å²) in [6.45, 7) is 3.10. The SMILES string of the molecule is Cc1ncc(CN(C)C(=O)C2(CN)CCCC2)s1. The number of nitrogens with two attached hydrogens (primary N) is 1. The Morgan fingerprint density at radius 3 is 2.72 bits per heavy atom. The van der Waals surface area contributed by atoms with Gasteiger partial charge in [0.05, 0.1) is 17.0 Å². The molecule has 0 radical (unpaired) electrons. The standard InChI is InChI=1S/C13H21N3OS/c1-10-15-7-11(18-10)8-16(2)12(17)13(9-14)5-3-4-6-13/h7H,3-6,8-9,14H2,1-2H3. The normalized spacial score (nSPS) is 17.9. The molecule has 1 fully saturated rings. The summed E-state index contributed by atoms with van der Waals surface area (Å²) < 4.78 is 0. The molecular formula is C13H21N3OS. The Morgan fingerprint density at radius 1 is 1.56 bits per heavy atom. The quantitative estimate of drug-likeness (QED) is 0.907. The molecule has 0 atom stereocenters. The lowest BCUT2D eigenvalue weighted by Crippen LogP contribution is -2.44. The van der Waals surface area contributed by atoms with E-state index in [1.165, 1.54) is 0 Å². The maximum Gasteiger partial charge on any atom is 0.230 e. The molecule has 100 valence electrons. The first-order valence-electron chi connectivity index (χ1n) is 6.44. The first-order valence-corrected chi connectivity index (χ1v) is 7.26. The van der Waals surface area contributed by atoms with Crippen LogP contribution in [-0.4, -0.2) is 29.4 Å². The summed E-state index contributed by atoms with van der Waals surface area (Å²) in [4.78, 5) is 19.7. The van der Waals surface area contributed by atoms with Crippen molar-refractivity contribution in [2.24, 2.45) is 11.1 Å². The van der Waals surface area contributed by atoms with Crippen molar-refractivity contribution in [3.8, 4) is 0 Å². The van der Waals surface area contributed by atoms with E-state index in [-0.39, 0.29) is 11.3 Å². The van der Waals surface area contributed by atoms with Gasteiger partial charge in [-0.05, 0) is 19.8 Å². The van der Waals surface area contributed by atoms with Gasteiger partial charge in [0, 0.05) is 24.7 Å². The molecule has 0 saturated heterocycles. The Bertz CT molecular complexity index is 424. The number of carbonyl (C=O) groups excluding carboxylic acids is 1. The van der Waals surface area contributed by atoms with Gasteiger partial charge in [0.25, 0.3) is 0 Å². The molecule has 1 amide bonds. The summed E-state index contributed by atoms with van der Waals surface area (Å²) in [6, 6.07) is 0. The minimum atomic E-state index is -0.297. The van der Waals surface area contributed by atoms with Crippen LogP contribution in [0, 0.1) is 12.3 Å². The van der Waals surface area contributed by atoms with Crippen molar-refractivity contribution in [2.45, 2.75) is 39.2 Å². The third-order valence-corrected chi connectivity index (χ3v) is 4.71. The molecule has 0 unspecified atom stereocenters. The van der Waals surface area contributed by atoms with Crippen LogP contribution in [-0.2, 0) is 11.3 Å². The zero-order valence-electron chi connectivity index (χ0n) is 11.1. The van der Waals surface area contributed by atoms with Crippen LogP contribution in [0.2, 0.25) is 0 Å². The minimum Gasteiger partial charge on any atom is -0.340 e. The molecule has 5 heteroatoms. The van der Waals surface area contributed by atoms with Gasteiger partial charge in [-0.3, -0.25) is 4.79 Å². The van der Waals surface area contributed by atoms with Gasteiger partial charge >= 0.3 is 0 Å². The Hall–Kier alpha value is -0.940. The van der Waals surface area contributed by atoms with Crippen molar-refractivity contribution in [1.82, 2.24) is 9.88 Å². The molecule has 1 aliphatic rings. The number of aromatic nitrogens is 1. The largest absolute Gasteiger partial charge is 0.340 e. The number of rotatable bonds is 4. The Morgan fingerprint density at radius 2 is 2.22 bits per heavy atom. The lowest BCUT2D eigenvalue weighted by molar-refractivity contribution is -0.140. The van der Waals surface area contributed by atoms with E-state index in [2.05, 4.69) is 4.98 Å². The van der Waals surface area contributed by atoms with Crippen LogP contribution in [0.25, 0.3) is 0 Å². The monoisotopic (exact) mass is 267 g/mol. The zero-order chi connectivity index (χ0) is 13.2. The number of hydrogen-bond acceptors (Lipinski definition) is 4. The molecule has 0 aromatic carbocycles. The molecular weight excluding hydrogens is 246 g/mol. The van der Waals surface area contributed by atoms with E-state index >= 15 is 0 Å². The van der Waals surface area contributed by atoms with Gasteiger partial charge in [-0.15, -0.1) is 11.3 Å². The lowest BCUT2D eigenvalue weighted by atomic mass is 9.85. The van der Waals surface area contributed by atoms with Crippen LogP contribution in [0.4, 0.5) is 0 Å². The van der Waals surface area contributed by atoms with Gasteiger partial charge in [0.2, 0.25) is 5.91 Å². The molecule has 0 aliphatic heterocycles. The van der Waals surface area contributed by atoms with Crippen LogP contribution in [0.3, 0.4) is 0 Å². The molecule has 1 heterocycles. The molecule has 18 heavy (non-hydrogen) atoms. The third-order valence-electron chi connectivity index (χ3n) is 3.81. The van der Waals surface area contributed by atoms with E-state index in [4.69, 9.17) is 5.73 Å². The smallest absolute Gasteiger partial charge is 0.230 e. The Kier molecular flexibility index (Phi) is 4.02. The number of hydrogen-bond donors (Lipinski definition) is 1. The summed E-state index contributed by atoms with van der Waals surface area (Å²) in [6.07, 6.45) is 5.98. The van der Waals surface area contributed by atoms with Crippen molar-refractivity contribution in [1.29, 1.82) is 0 Å². The van der Waals surface area contributed by atoms with Gasteiger partial charge in [0.1, 0.15) is 0 Å².